The number of nitrogen functional groups attached to an aromatic ring is 1. The highest BCUT2D eigenvalue weighted by atomic mass is 35.5. The number of anilines is 1. The van der Waals surface area contributed by atoms with Crippen LogP contribution in [0.25, 0.3) is 6.08 Å². The number of amides is 1. The standard InChI is InChI=1S/C15H11Cl3N4O/c16-10-12(19)11(17)14(18)21-13(10)15(23)22-20-8-4-7-9-5-2-1-3-6-9/h1-8H,(H2,19,21)(H,22,23)/b7-4+,20-8+. The molecule has 1 heterocycles. The van der Waals surface area contributed by atoms with Crippen molar-refractivity contribution in [2.75, 3.05) is 5.73 Å². The molecule has 0 saturated heterocycles. The highest BCUT2D eigenvalue weighted by Gasteiger charge is 2.19. The van der Waals surface area contributed by atoms with Crippen LogP contribution in [0, 0.1) is 0 Å². The monoisotopic (exact) mass is 368 g/mol. The Morgan fingerprint density at radius 3 is 2.57 bits per heavy atom. The van der Waals surface area contributed by atoms with Gasteiger partial charge in [0.2, 0.25) is 0 Å². The molecule has 2 aromatic rings. The molecule has 1 amide bonds. The van der Waals surface area contributed by atoms with Crippen molar-refractivity contribution >= 4 is 58.7 Å². The number of nitrogens with one attached hydrogen (secondary N) is 1. The first-order valence-electron chi connectivity index (χ1n) is 6.35. The van der Waals surface area contributed by atoms with E-state index in [1.165, 1.54) is 6.21 Å². The van der Waals surface area contributed by atoms with E-state index in [4.69, 9.17) is 40.5 Å². The van der Waals surface area contributed by atoms with Crippen molar-refractivity contribution in [1.82, 2.24) is 10.4 Å². The number of nitrogens with zero attached hydrogens (tertiary/aromatic N) is 2. The molecule has 0 aliphatic carbocycles. The Balaban J connectivity index is 2.03. The lowest BCUT2D eigenvalue weighted by Crippen LogP contribution is -2.20. The van der Waals surface area contributed by atoms with Gasteiger partial charge in [0, 0.05) is 6.21 Å². The molecule has 0 aliphatic rings. The van der Waals surface area contributed by atoms with Gasteiger partial charge in [-0.25, -0.2) is 10.4 Å². The molecule has 0 radical (unpaired) electrons. The highest BCUT2D eigenvalue weighted by molar-refractivity contribution is 6.46. The van der Waals surface area contributed by atoms with E-state index in [9.17, 15) is 4.79 Å². The SMILES string of the molecule is Nc1c(Cl)c(Cl)nc(C(=O)N/N=C/C=C/c2ccccc2)c1Cl. The van der Waals surface area contributed by atoms with Crippen molar-refractivity contribution in [2.24, 2.45) is 5.10 Å². The number of carbonyl (C=O) groups is 1. The van der Waals surface area contributed by atoms with Crippen LogP contribution >= 0.6 is 34.8 Å². The largest absolute Gasteiger partial charge is 0.396 e. The third-order valence-corrected chi connectivity index (χ3v) is 3.84. The molecule has 5 nitrogen and oxygen atoms in total. The number of benzene rings is 1. The molecule has 0 unspecified atom stereocenters. The Kier molecular flexibility index (Phi) is 5.98. The molecule has 3 N–H and O–H groups in total. The van der Waals surface area contributed by atoms with Crippen LogP contribution in [-0.4, -0.2) is 17.1 Å². The molecule has 2 rings (SSSR count). The van der Waals surface area contributed by atoms with Gasteiger partial charge < -0.3 is 5.73 Å². The second kappa shape index (κ2) is 7.97. The smallest absolute Gasteiger partial charge is 0.291 e. The van der Waals surface area contributed by atoms with Crippen LogP contribution in [0.4, 0.5) is 5.69 Å². The van der Waals surface area contributed by atoms with Crippen molar-refractivity contribution in [3.63, 3.8) is 0 Å². The fourth-order valence-electron chi connectivity index (χ4n) is 1.59. The van der Waals surface area contributed by atoms with E-state index in [0.717, 1.165) is 5.56 Å². The van der Waals surface area contributed by atoms with E-state index in [1.54, 1.807) is 6.08 Å². The van der Waals surface area contributed by atoms with E-state index in [2.05, 4.69) is 15.5 Å². The van der Waals surface area contributed by atoms with E-state index in [0.29, 0.717) is 0 Å². The Morgan fingerprint density at radius 2 is 1.87 bits per heavy atom. The van der Waals surface area contributed by atoms with Gasteiger partial charge in [-0.1, -0.05) is 71.2 Å². The fourth-order valence-corrected chi connectivity index (χ4v) is 2.19. The number of halogens is 3. The Labute approximate surface area is 147 Å². The van der Waals surface area contributed by atoms with Gasteiger partial charge >= 0.3 is 0 Å². The van der Waals surface area contributed by atoms with Crippen molar-refractivity contribution in [2.45, 2.75) is 0 Å². The molecule has 118 valence electrons. The summed E-state index contributed by atoms with van der Waals surface area (Å²) in [6.07, 6.45) is 4.92. The van der Waals surface area contributed by atoms with Gasteiger partial charge in [0.25, 0.3) is 5.91 Å². The van der Waals surface area contributed by atoms with Gasteiger partial charge in [0.05, 0.1) is 10.7 Å². The third kappa shape index (κ3) is 4.45. The Bertz CT molecular complexity index is 776. The van der Waals surface area contributed by atoms with E-state index in [1.807, 2.05) is 36.4 Å². The predicted molar refractivity (Wildman–Crippen MR) is 95.1 cm³/mol. The number of pyridine rings is 1. The molecule has 0 fully saturated rings. The summed E-state index contributed by atoms with van der Waals surface area (Å²) in [4.78, 5) is 15.8. The van der Waals surface area contributed by atoms with Crippen LogP contribution < -0.4 is 11.2 Å². The molecule has 0 bridgehead atoms. The summed E-state index contributed by atoms with van der Waals surface area (Å²) in [7, 11) is 0. The van der Waals surface area contributed by atoms with Gasteiger partial charge in [0.1, 0.15) is 5.02 Å². The molecule has 8 heteroatoms. The summed E-state index contributed by atoms with van der Waals surface area (Å²) in [6.45, 7) is 0. The van der Waals surface area contributed by atoms with Crippen LogP contribution in [0.3, 0.4) is 0 Å². The molecule has 1 aromatic heterocycles. The second-order valence-electron chi connectivity index (χ2n) is 4.28. The molecule has 23 heavy (non-hydrogen) atoms. The van der Waals surface area contributed by atoms with E-state index in [-0.39, 0.29) is 26.6 Å². The number of hydrogen-bond acceptors (Lipinski definition) is 4. The zero-order valence-corrected chi connectivity index (χ0v) is 13.9. The van der Waals surface area contributed by atoms with E-state index < -0.39 is 5.91 Å². The topological polar surface area (TPSA) is 80.4 Å². The summed E-state index contributed by atoms with van der Waals surface area (Å²) in [5.41, 5.74) is 8.77. The lowest BCUT2D eigenvalue weighted by atomic mass is 10.2. The minimum absolute atomic E-state index is 0.00233. The molecule has 0 atom stereocenters. The number of nitrogens with two attached hydrogens (primary N) is 1. The van der Waals surface area contributed by atoms with Gasteiger partial charge in [0.15, 0.2) is 10.8 Å². The van der Waals surface area contributed by atoms with Crippen molar-refractivity contribution in [3.05, 3.63) is 62.9 Å². The molecular formula is C15H11Cl3N4O. The van der Waals surface area contributed by atoms with Crippen molar-refractivity contribution in [1.29, 1.82) is 0 Å². The molecular weight excluding hydrogens is 359 g/mol. The quantitative estimate of drug-likeness (QED) is 0.484. The Hall–Kier alpha value is -2.08. The number of allylic oxidation sites excluding steroid dienone is 1. The fraction of sp³-hybridized carbons (Fsp3) is 0. The average molecular weight is 370 g/mol. The van der Waals surface area contributed by atoms with Crippen LogP contribution in [0.1, 0.15) is 16.1 Å². The van der Waals surface area contributed by atoms with Crippen LogP contribution in [0.5, 0.6) is 0 Å². The van der Waals surface area contributed by atoms with Crippen LogP contribution in [-0.2, 0) is 0 Å². The summed E-state index contributed by atoms with van der Waals surface area (Å²) in [5, 5.41) is 3.58. The lowest BCUT2D eigenvalue weighted by Gasteiger charge is -2.07. The first kappa shape index (κ1) is 17.3. The van der Waals surface area contributed by atoms with Crippen LogP contribution in [0.15, 0.2) is 41.5 Å². The third-order valence-electron chi connectivity index (χ3n) is 2.70. The minimum atomic E-state index is -0.648. The van der Waals surface area contributed by atoms with Crippen molar-refractivity contribution < 1.29 is 4.79 Å². The number of hydrazone groups is 1. The minimum Gasteiger partial charge on any atom is -0.396 e. The highest BCUT2D eigenvalue weighted by Crippen LogP contribution is 2.34. The maximum absolute atomic E-state index is 12.0. The normalized spacial score (nSPS) is 11.3. The van der Waals surface area contributed by atoms with E-state index >= 15 is 0 Å². The van der Waals surface area contributed by atoms with Gasteiger partial charge in [-0.2, -0.15) is 5.10 Å². The summed E-state index contributed by atoms with van der Waals surface area (Å²) in [6, 6.07) is 9.63. The molecule has 0 spiro atoms. The molecule has 0 saturated carbocycles. The lowest BCUT2D eigenvalue weighted by molar-refractivity contribution is 0.0950. The average Bonchev–Trinajstić information content (AvgIpc) is 2.56. The first-order valence-corrected chi connectivity index (χ1v) is 7.49. The zero-order chi connectivity index (χ0) is 16.8. The van der Waals surface area contributed by atoms with Crippen LogP contribution in [0.2, 0.25) is 15.2 Å². The first-order chi connectivity index (χ1) is 11.0. The predicted octanol–water partition coefficient (Wildman–Crippen LogP) is 4.05. The second-order valence-corrected chi connectivity index (χ2v) is 5.40. The Morgan fingerprint density at radius 1 is 1.17 bits per heavy atom. The van der Waals surface area contributed by atoms with Crippen molar-refractivity contribution in [3.8, 4) is 0 Å². The van der Waals surface area contributed by atoms with Gasteiger partial charge in [-0.15, -0.1) is 0 Å². The molecule has 1 aromatic carbocycles. The van der Waals surface area contributed by atoms with Gasteiger partial charge in [-0.3, -0.25) is 4.79 Å². The number of aromatic nitrogens is 1. The number of carbonyl (C=O) groups excluding carboxylic acids is 1. The van der Waals surface area contributed by atoms with Gasteiger partial charge in [-0.05, 0) is 11.6 Å². The summed E-state index contributed by atoms with van der Waals surface area (Å²) < 4.78 is 0. The number of hydrogen-bond donors (Lipinski definition) is 2. The molecule has 0 aliphatic heterocycles. The zero-order valence-electron chi connectivity index (χ0n) is 11.6. The maximum Gasteiger partial charge on any atom is 0.291 e. The summed E-state index contributed by atoms with van der Waals surface area (Å²) >= 11 is 17.5. The maximum atomic E-state index is 12.0. The summed E-state index contributed by atoms with van der Waals surface area (Å²) in [5.74, 6) is -0.648. The number of rotatable bonds is 4.